The SMILES string of the molecule is COCCn1nc(C(=O)NC(c2ccc(C3CCCCC3)cc2)C(C)C)ccc1=O. The fourth-order valence-corrected chi connectivity index (χ4v) is 4.17. The van der Waals surface area contributed by atoms with Gasteiger partial charge in [0.1, 0.15) is 5.69 Å². The molecule has 1 amide bonds. The highest BCUT2D eigenvalue weighted by Crippen LogP contribution is 2.33. The minimum Gasteiger partial charge on any atom is -0.383 e. The maximum atomic E-state index is 12.9. The summed E-state index contributed by atoms with van der Waals surface area (Å²) in [4.78, 5) is 24.8. The van der Waals surface area contributed by atoms with Gasteiger partial charge in [-0.1, -0.05) is 57.4 Å². The van der Waals surface area contributed by atoms with E-state index in [-0.39, 0.29) is 29.1 Å². The third-order valence-corrected chi connectivity index (χ3v) is 5.93. The van der Waals surface area contributed by atoms with Crippen molar-refractivity contribution in [3.05, 3.63) is 63.6 Å². The van der Waals surface area contributed by atoms with Crippen LogP contribution >= 0.6 is 0 Å². The summed E-state index contributed by atoms with van der Waals surface area (Å²) < 4.78 is 6.27. The Morgan fingerprint density at radius 2 is 1.83 bits per heavy atom. The quantitative estimate of drug-likeness (QED) is 0.711. The van der Waals surface area contributed by atoms with Crippen molar-refractivity contribution >= 4 is 5.91 Å². The molecular formula is C24H33N3O3. The van der Waals surface area contributed by atoms with Crippen LogP contribution in [-0.2, 0) is 11.3 Å². The van der Waals surface area contributed by atoms with Gasteiger partial charge in [0.05, 0.1) is 19.2 Å². The van der Waals surface area contributed by atoms with Gasteiger partial charge < -0.3 is 10.1 Å². The normalized spacial score (nSPS) is 15.9. The molecule has 0 saturated heterocycles. The molecule has 1 fully saturated rings. The number of carbonyl (C=O) groups is 1. The van der Waals surface area contributed by atoms with Crippen molar-refractivity contribution in [2.45, 2.75) is 64.5 Å². The van der Waals surface area contributed by atoms with Crippen LogP contribution in [0.2, 0.25) is 0 Å². The molecule has 1 atom stereocenters. The van der Waals surface area contributed by atoms with E-state index in [0.29, 0.717) is 19.1 Å². The van der Waals surface area contributed by atoms with Crippen LogP contribution < -0.4 is 10.9 Å². The molecule has 3 rings (SSSR count). The first kappa shape index (κ1) is 22.2. The molecule has 1 aromatic heterocycles. The largest absolute Gasteiger partial charge is 0.383 e. The van der Waals surface area contributed by atoms with E-state index in [1.165, 1.54) is 54.5 Å². The molecular weight excluding hydrogens is 378 g/mol. The number of benzene rings is 1. The summed E-state index contributed by atoms with van der Waals surface area (Å²) in [6, 6.07) is 11.4. The Labute approximate surface area is 178 Å². The van der Waals surface area contributed by atoms with Gasteiger partial charge >= 0.3 is 0 Å². The zero-order chi connectivity index (χ0) is 21.5. The summed E-state index contributed by atoms with van der Waals surface area (Å²) in [6.07, 6.45) is 6.53. The Balaban J connectivity index is 1.73. The Morgan fingerprint density at radius 1 is 1.13 bits per heavy atom. The number of hydrogen-bond donors (Lipinski definition) is 1. The van der Waals surface area contributed by atoms with Gasteiger partial charge in [0, 0.05) is 13.2 Å². The molecule has 0 bridgehead atoms. The van der Waals surface area contributed by atoms with Gasteiger partial charge in [-0.3, -0.25) is 9.59 Å². The van der Waals surface area contributed by atoms with Crippen LogP contribution in [0.15, 0.2) is 41.2 Å². The standard InChI is InChI=1S/C24H33N3O3/c1-17(2)23(20-11-9-19(10-12-20)18-7-5-4-6-8-18)25-24(29)21-13-14-22(28)27(26-21)15-16-30-3/h9-14,17-18,23H,4-8,15-16H2,1-3H3,(H,25,29). The Kier molecular flexibility index (Phi) is 7.80. The highest BCUT2D eigenvalue weighted by molar-refractivity contribution is 5.92. The Hall–Kier alpha value is -2.47. The van der Waals surface area contributed by atoms with Crippen LogP contribution in [0.5, 0.6) is 0 Å². The van der Waals surface area contributed by atoms with E-state index < -0.39 is 0 Å². The summed E-state index contributed by atoms with van der Waals surface area (Å²) in [7, 11) is 1.56. The monoisotopic (exact) mass is 411 g/mol. The van der Waals surface area contributed by atoms with Crippen LogP contribution in [0.25, 0.3) is 0 Å². The number of carbonyl (C=O) groups excluding carboxylic acids is 1. The lowest BCUT2D eigenvalue weighted by Gasteiger charge is -2.25. The second-order valence-electron chi connectivity index (χ2n) is 8.47. The first-order chi connectivity index (χ1) is 14.5. The lowest BCUT2D eigenvalue weighted by atomic mass is 9.83. The summed E-state index contributed by atoms with van der Waals surface area (Å²) in [6.45, 7) is 4.85. The number of rotatable bonds is 8. The second kappa shape index (κ2) is 10.5. The molecule has 1 aliphatic carbocycles. The molecule has 6 heteroatoms. The molecule has 0 spiro atoms. The van der Waals surface area contributed by atoms with Crippen LogP contribution in [0, 0.1) is 5.92 Å². The lowest BCUT2D eigenvalue weighted by molar-refractivity contribution is 0.0916. The van der Waals surface area contributed by atoms with E-state index in [1.807, 2.05) is 0 Å². The van der Waals surface area contributed by atoms with E-state index in [0.717, 1.165) is 5.56 Å². The lowest BCUT2D eigenvalue weighted by Crippen LogP contribution is -2.34. The van der Waals surface area contributed by atoms with Gasteiger partial charge in [-0.25, -0.2) is 4.68 Å². The van der Waals surface area contributed by atoms with Crippen molar-refractivity contribution in [1.29, 1.82) is 0 Å². The van der Waals surface area contributed by atoms with E-state index in [9.17, 15) is 9.59 Å². The van der Waals surface area contributed by atoms with Crippen molar-refractivity contribution in [2.75, 3.05) is 13.7 Å². The van der Waals surface area contributed by atoms with Gasteiger partial charge in [-0.2, -0.15) is 5.10 Å². The van der Waals surface area contributed by atoms with E-state index in [4.69, 9.17) is 4.74 Å². The Morgan fingerprint density at radius 3 is 2.47 bits per heavy atom. The number of nitrogens with zero attached hydrogens (tertiary/aromatic N) is 2. The highest BCUT2D eigenvalue weighted by atomic mass is 16.5. The summed E-state index contributed by atoms with van der Waals surface area (Å²) in [5, 5.41) is 7.31. The number of nitrogens with one attached hydrogen (secondary N) is 1. The predicted molar refractivity (Wildman–Crippen MR) is 118 cm³/mol. The molecule has 162 valence electrons. The highest BCUT2D eigenvalue weighted by Gasteiger charge is 2.21. The molecule has 1 N–H and O–H groups in total. The van der Waals surface area contributed by atoms with Crippen molar-refractivity contribution in [3.8, 4) is 0 Å². The average molecular weight is 412 g/mol. The van der Waals surface area contributed by atoms with Gasteiger partial charge in [0.15, 0.2) is 0 Å². The minimum atomic E-state index is -0.281. The summed E-state index contributed by atoms with van der Waals surface area (Å²) >= 11 is 0. The molecule has 2 aromatic rings. The third-order valence-electron chi connectivity index (χ3n) is 5.93. The average Bonchev–Trinajstić information content (AvgIpc) is 2.77. The first-order valence-electron chi connectivity index (χ1n) is 11.0. The molecule has 1 saturated carbocycles. The minimum absolute atomic E-state index is 0.126. The first-order valence-corrected chi connectivity index (χ1v) is 11.0. The number of ether oxygens (including phenoxy) is 1. The van der Waals surface area contributed by atoms with E-state index >= 15 is 0 Å². The predicted octanol–water partition coefficient (Wildman–Crippen LogP) is 4.06. The van der Waals surface area contributed by atoms with Crippen molar-refractivity contribution in [3.63, 3.8) is 0 Å². The molecule has 1 aromatic carbocycles. The molecule has 1 aliphatic rings. The zero-order valence-corrected chi connectivity index (χ0v) is 18.3. The van der Waals surface area contributed by atoms with E-state index in [1.54, 1.807) is 7.11 Å². The maximum Gasteiger partial charge on any atom is 0.272 e. The molecule has 1 unspecified atom stereocenters. The molecule has 0 radical (unpaired) electrons. The topological polar surface area (TPSA) is 73.2 Å². The Bertz CT molecular complexity index is 883. The second-order valence-corrected chi connectivity index (χ2v) is 8.47. The van der Waals surface area contributed by atoms with Crippen molar-refractivity contribution in [1.82, 2.24) is 15.1 Å². The smallest absolute Gasteiger partial charge is 0.272 e. The number of hydrogen-bond acceptors (Lipinski definition) is 4. The van der Waals surface area contributed by atoms with Crippen LogP contribution in [-0.4, -0.2) is 29.4 Å². The number of amides is 1. The number of aromatic nitrogens is 2. The maximum absolute atomic E-state index is 12.9. The van der Waals surface area contributed by atoms with Gasteiger partial charge in [0.25, 0.3) is 11.5 Å². The van der Waals surface area contributed by atoms with Crippen LogP contribution in [0.3, 0.4) is 0 Å². The van der Waals surface area contributed by atoms with Crippen LogP contribution in [0.1, 0.15) is 79.5 Å². The van der Waals surface area contributed by atoms with Crippen molar-refractivity contribution < 1.29 is 9.53 Å². The summed E-state index contributed by atoms with van der Waals surface area (Å²) in [5.41, 5.74) is 2.47. The fourth-order valence-electron chi connectivity index (χ4n) is 4.17. The van der Waals surface area contributed by atoms with Gasteiger partial charge in [-0.15, -0.1) is 0 Å². The fraction of sp³-hybridized carbons (Fsp3) is 0.542. The molecule has 6 nitrogen and oxygen atoms in total. The zero-order valence-electron chi connectivity index (χ0n) is 18.3. The summed E-state index contributed by atoms with van der Waals surface area (Å²) in [5.74, 6) is 0.599. The van der Waals surface area contributed by atoms with E-state index in [2.05, 4.69) is 48.5 Å². The molecule has 30 heavy (non-hydrogen) atoms. The van der Waals surface area contributed by atoms with Crippen molar-refractivity contribution in [2.24, 2.45) is 5.92 Å². The van der Waals surface area contributed by atoms with Gasteiger partial charge in [0.2, 0.25) is 0 Å². The molecule has 1 heterocycles. The van der Waals surface area contributed by atoms with Crippen LogP contribution in [0.4, 0.5) is 0 Å². The molecule has 0 aliphatic heterocycles. The number of methoxy groups -OCH3 is 1. The van der Waals surface area contributed by atoms with Gasteiger partial charge in [-0.05, 0) is 41.9 Å². The third kappa shape index (κ3) is 5.57.